The first-order valence-corrected chi connectivity index (χ1v) is 14.7. The second kappa shape index (κ2) is 16.8. The molecule has 2 aliphatic heterocycles. The van der Waals surface area contributed by atoms with Crippen LogP contribution in [0.4, 0.5) is 39.8 Å². The van der Waals surface area contributed by atoms with E-state index in [2.05, 4.69) is 5.32 Å². The quantitative estimate of drug-likeness (QED) is 0.327. The number of hydrogen-bond donors (Lipinski definition) is 1. The highest BCUT2D eigenvalue weighted by atomic mass is 19.1. The minimum absolute atomic E-state index is 0.200. The van der Waals surface area contributed by atoms with E-state index in [1.165, 1.54) is 12.1 Å². The fourth-order valence-electron chi connectivity index (χ4n) is 4.17. The van der Waals surface area contributed by atoms with Gasteiger partial charge in [0.25, 0.3) is 5.69 Å². The van der Waals surface area contributed by atoms with Crippen molar-refractivity contribution in [3.05, 3.63) is 74.1 Å². The predicted octanol–water partition coefficient (Wildman–Crippen LogP) is 5.49. The molecule has 0 unspecified atom stereocenters. The van der Waals surface area contributed by atoms with Crippen molar-refractivity contribution < 1.29 is 42.1 Å². The van der Waals surface area contributed by atoms with E-state index in [9.17, 15) is 43.0 Å². The van der Waals surface area contributed by atoms with Gasteiger partial charge < -0.3 is 29.5 Å². The fraction of sp³-hybridized carbons (Fsp3) is 0.533. The van der Waals surface area contributed by atoms with Crippen LogP contribution in [-0.4, -0.2) is 95.4 Å². The lowest BCUT2D eigenvalue weighted by molar-refractivity contribution is -0.387. The first-order valence-electron chi connectivity index (χ1n) is 14.7. The Labute approximate surface area is 270 Å². The molecule has 4 rings (SSSR count). The van der Waals surface area contributed by atoms with Crippen LogP contribution in [-0.2, 0) is 9.47 Å². The smallest absolute Gasteiger partial charge is 0.410 e. The molecule has 2 heterocycles. The Balaban J connectivity index is 0.000000270. The number of carbonyl (C=O) groups is 2. The van der Waals surface area contributed by atoms with Crippen molar-refractivity contribution in [2.75, 3.05) is 57.3 Å². The molecular formula is C30H41F3N6O8. The van der Waals surface area contributed by atoms with Crippen LogP contribution in [0.1, 0.15) is 41.5 Å². The molecular weight excluding hydrogens is 629 g/mol. The number of ether oxygens (including phenoxy) is 2. The standard InChI is InChI=1S/C15H20FN3O4.C9H18N2O2.C6H3F2NO2/c1-15(2,3)23-14(20)18-8-6-17(7-9-18)12-5-4-11(16)10-13(12)19(21)22;1-9(2,3)13-8(12)11-6-4-10-5-7-11;7-4-1-2-5(8)6(3-4)9(10)11/h4-5,10H,6-9H2,1-3H3;10H,4-7H2,1-3H3;1-3H. The monoisotopic (exact) mass is 670 g/mol. The van der Waals surface area contributed by atoms with E-state index in [1.54, 1.807) is 35.5 Å². The third-order valence-corrected chi connectivity index (χ3v) is 6.28. The molecule has 14 nitrogen and oxygen atoms in total. The summed E-state index contributed by atoms with van der Waals surface area (Å²) in [5, 5.41) is 24.2. The molecule has 0 aromatic heterocycles. The Morgan fingerprint density at radius 2 is 1.13 bits per heavy atom. The van der Waals surface area contributed by atoms with Gasteiger partial charge in [-0.05, 0) is 65.8 Å². The average Bonchev–Trinajstić information content (AvgIpc) is 2.98. The van der Waals surface area contributed by atoms with Gasteiger partial charge in [-0.1, -0.05) is 0 Å². The number of carbonyl (C=O) groups excluding carboxylic acids is 2. The molecule has 17 heteroatoms. The van der Waals surface area contributed by atoms with Crippen molar-refractivity contribution in [1.82, 2.24) is 15.1 Å². The van der Waals surface area contributed by atoms with E-state index in [-0.39, 0.29) is 17.4 Å². The van der Waals surface area contributed by atoms with Crippen LogP contribution in [0.25, 0.3) is 0 Å². The number of nitrogens with one attached hydrogen (secondary N) is 1. The van der Waals surface area contributed by atoms with Crippen LogP contribution in [0, 0.1) is 37.7 Å². The molecule has 2 aromatic rings. The summed E-state index contributed by atoms with van der Waals surface area (Å²) in [5.74, 6) is -2.50. The molecule has 260 valence electrons. The van der Waals surface area contributed by atoms with Gasteiger partial charge in [0.2, 0.25) is 5.82 Å². The first-order chi connectivity index (χ1) is 21.8. The van der Waals surface area contributed by atoms with Crippen LogP contribution in [0.15, 0.2) is 36.4 Å². The highest BCUT2D eigenvalue weighted by Gasteiger charge is 2.29. The molecule has 2 saturated heterocycles. The maximum absolute atomic E-state index is 13.2. The summed E-state index contributed by atoms with van der Waals surface area (Å²) in [4.78, 5) is 48.0. The van der Waals surface area contributed by atoms with Crippen molar-refractivity contribution in [2.45, 2.75) is 52.7 Å². The third-order valence-electron chi connectivity index (χ3n) is 6.28. The minimum atomic E-state index is -1.03. The van der Waals surface area contributed by atoms with Gasteiger partial charge in [-0.15, -0.1) is 0 Å². The van der Waals surface area contributed by atoms with Crippen LogP contribution in [0.3, 0.4) is 0 Å². The Kier molecular flexibility index (Phi) is 13.7. The van der Waals surface area contributed by atoms with E-state index >= 15 is 0 Å². The SMILES string of the molecule is CC(C)(C)OC(=O)N1CCN(c2ccc(F)cc2[N+](=O)[O-])CC1.CC(C)(C)OC(=O)N1CCNCC1.O=[N+]([O-])c1cc(F)ccc1F. The molecule has 47 heavy (non-hydrogen) atoms. The van der Waals surface area contributed by atoms with Crippen molar-refractivity contribution >= 4 is 29.2 Å². The summed E-state index contributed by atoms with van der Waals surface area (Å²) in [7, 11) is 0. The van der Waals surface area contributed by atoms with Crippen molar-refractivity contribution in [3.8, 4) is 0 Å². The minimum Gasteiger partial charge on any atom is -0.444 e. The molecule has 0 bridgehead atoms. The molecule has 0 aliphatic carbocycles. The zero-order valence-corrected chi connectivity index (χ0v) is 27.3. The highest BCUT2D eigenvalue weighted by molar-refractivity contribution is 5.69. The maximum Gasteiger partial charge on any atom is 0.410 e. The number of nitrogens with zero attached hydrogens (tertiary/aromatic N) is 5. The number of benzene rings is 2. The first kappa shape index (κ1) is 38.5. The van der Waals surface area contributed by atoms with E-state index in [0.717, 1.165) is 38.3 Å². The topological polar surface area (TPSA) is 161 Å². The summed E-state index contributed by atoms with van der Waals surface area (Å²) in [6.45, 7) is 15.9. The van der Waals surface area contributed by atoms with Gasteiger partial charge in [0, 0.05) is 52.4 Å². The van der Waals surface area contributed by atoms with Crippen molar-refractivity contribution in [2.24, 2.45) is 0 Å². The molecule has 0 spiro atoms. The lowest BCUT2D eigenvalue weighted by atomic mass is 10.2. The number of rotatable bonds is 3. The normalized spacial score (nSPS) is 15.0. The molecule has 0 atom stereocenters. The highest BCUT2D eigenvalue weighted by Crippen LogP contribution is 2.30. The molecule has 2 aromatic carbocycles. The lowest BCUT2D eigenvalue weighted by Gasteiger charge is -2.36. The number of anilines is 1. The lowest BCUT2D eigenvalue weighted by Crippen LogP contribution is -2.50. The van der Waals surface area contributed by atoms with Gasteiger partial charge in [-0.3, -0.25) is 20.2 Å². The van der Waals surface area contributed by atoms with Crippen LogP contribution < -0.4 is 10.2 Å². The second-order valence-corrected chi connectivity index (χ2v) is 12.4. The van der Waals surface area contributed by atoms with Crippen molar-refractivity contribution in [3.63, 3.8) is 0 Å². The largest absolute Gasteiger partial charge is 0.444 e. The van der Waals surface area contributed by atoms with Gasteiger partial charge >= 0.3 is 17.9 Å². The van der Waals surface area contributed by atoms with Crippen LogP contribution in [0.5, 0.6) is 0 Å². The van der Waals surface area contributed by atoms with Crippen LogP contribution in [0.2, 0.25) is 0 Å². The summed E-state index contributed by atoms with van der Waals surface area (Å²) >= 11 is 0. The van der Waals surface area contributed by atoms with Crippen molar-refractivity contribution in [1.29, 1.82) is 0 Å². The van der Waals surface area contributed by atoms with Gasteiger partial charge in [0.1, 0.15) is 28.5 Å². The van der Waals surface area contributed by atoms with E-state index in [0.29, 0.717) is 44.0 Å². The Bertz CT molecular complexity index is 1400. The predicted molar refractivity (Wildman–Crippen MR) is 167 cm³/mol. The Morgan fingerprint density at radius 3 is 1.55 bits per heavy atom. The zero-order chi connectivity index (χ0) is 35.5. The van der Waals surface area contributed by atoms with Gasteiger partial charge in [-0.2, -0.15) is 4.39 Å². The number of nitro groups is 2. The number of hydrogen-bond acceptors (Lipinski definition) is 10. The van der Waals surface area contributed by atoms with E-state index in [1.807, 2.05) is 20.8 Å². The zero-order valence-electron chi connectivity index (χ0n) is 27.3. The van der Waals surface area contributed by atoms with Gasteiger partial charge in [0.05, 0.1) is 22.0 Å². The Morgan fingerprint density at radius 1 is 0.702 bits per heavy atom. The molecule has 2 aliphatic rings. The van der Waals surface area contributed by atoms with E-state index < -0.39 is 44.7 Å². The van der Waals surface area contributed by atoms with Gasteiger partial charge in [-0.25, -0.2) is 18.4 Å². The average molecular weight is 671 g/mol. The number of halogens is 3. The second-order valence-electron chi connectivity index (χ2n) is 12.4. The third kappa shape index (κ3) is 13.3. The number of nitro benzene ring substituents is 2. The fourth-order valence-corrected chi connectivity index (χ4v) is 4.17. The summed E-state index contributed by atoms with van der Waals surface area (Å²) < 4.78 is 48.4. The molecule has 0 saturated carbocycles. The molecule has 2 fully saturated rings. The van der Waals surface area contributed by atoms with E-state index in [4.69, 9.17) is 9.47 Å². The van der Waals surface area contributed by atoms with Crippen LogP contribution >= 0.6 is 0 Å². The Hall–Kier alpha value is -4.67. The summed E-state index contributed by atoms with van der Waals surface area (Å²) in [5.41, 5.74) is -1.70. The maximum atomic E-state index is 13.2. The molecule has 0 radical (unpaired) electrons. The molecule has 2 amide bonds. The molecule has 1 N–H and O–H groups in total. The number of piperazine rings is 2. The summed E-state index contributed by atoms with van der Waals surface area (Å²) in [6.07, 6.45) is -0.597. The number of amides is 2. The summed E-state index contributed by atoms with van der Waals surface area (Å²) in [6, 6.07) is 5.58. The van der Waals surface area contributed by atoms with Gasteiger partial charge in [0.15, 0.2) is 0 Å².